The van der Waals surface area contributed by atoms with Crippen molar-refractivity contribution in [3.05, 3.63) is 23.8 Å². The summed E-state index contributed by atoms with van der Waals surface area (Å²) in [5.41, 5.74) is 0.203. The molecule has 1 aromatic carbocycles. The molecule has 1 aromatic heterocycles. The summed E-state index contributed by atoms with van der Waals surface area (Å²) in [6.07, 6.45) is 0.246. The molecule has 0 aliphatic rings. The van der Waals surface area contributed by atoms with E-state index in [1.165, 1.54) is 28.6 Å². The second-order valence-corrected chi connectivity index (χ2v) is 4.87. The molecule has 0 amide bonds. The lowest BCUT2D eigenvalue weighted by molar-refractivity contribution is 0.0987. The number of rotatable bonds is 5. The van der Waals surface area contributed by atoms with Gasteiger partial charge in [0.25, 0.3) is 0 Å². The van der Waals surface area contributed by atoms with Crippen molar-refractivity contribution >= 4 is 17.5 Å². The molecule has 19 heavy (non-hydrogen) atoms. The number of tetrazole rings is 1. The van der Waals surface area contributed by atoms with Crippen LogP contribution in [0.3, 0.4) is 0 Å². The third-order valence-electron chi connectivity index (χ3n) is 2.42. The number of carbonyl (C=O) groups excluding carboxylic acids is 1. The number of hydrogen-bond donors (Lipinski definition) is 2. The minimum Gasteiger partial charge on any atom is -0.508 e. The summed E-state index contributed by atoms with van der Waals surface area (Å²) in [5, 5.41) is 30.3. The molecule has 0 bridgehead atoms. The Hall–Kier alpha value is -2.09. The first-order valence-corrected chi connectivity index (χ1v) is 6.47. The van der Waals surface area contributed by atoms with Crippen LogP contribution < -0.4 is 0 Å². The molecule has 7 nitrogen and oxygen atoms in total. The molecule has 8 heteroatoms. The zero-order valence-corrected chi connectivity index (χ0v) is 11.0. The zero-order valence-electron chi connectivity index (χ0n) is 10.1. The summed E-state index contributed by atoms with van der Waals surface area (Å²) in [6.45, 7) is 0. The van der Waals surface area contributed by atoms with Crippen LogP contribution in [0.4, 0.5) is 0 Å². The predicted octanol–water partition coefficient (Wildman–Crippen LogP) is 0.986. The number of aryl methyl sites for hydroxylation is 1. The lowest BCUT2D eigenvalue weighted by Crippen LogP contribution is -2.02. The van der Waals surface area contributed by atoms with E-state index in [0.29, 0.717) is 10.9 Å². The van der Waals surface area contributed by atoms with Crippen molar-refractivity contribution < 1.29 is 15.0 Å². The van der Waals surface area contributed by atoms with Crippen molar-refractivity contribution in [3.63, 3.8) is 0 Å². The average Bonchev–Trinajstić information content (AvgIpc) is 2.75. The largest absolute Gasteiger partial charge is 0.508 e. The van der Waals surface area contributed by atoms with Crippen LogP contribution in [0, 0.1) is 0 Å². The second-order valence-electron chi connectivity index (χ2n) is 3.81. The van der Waals surface area contributed by atoms with Crippen LogP contribution in [-0.4, -0.2) is 42.0 Å². The van der Waals surface area contributed by atoms with Crippen LogP contribution in [0.5, 0.6) is 11.5 Å². The molecule has 0 atom stereocenters. The van der Waals surface area contributed by atoms with Crippen LogP contribution in [0.15, 0.2) is 23.4 Å². The molecule has 0 aliphatic carbocycles. The number of aromatic nitrogens is 4. The van der Waals surface area contributed by atoms with Gasteiger partial charge in [-0.3, -0.25) is 4.79 Å². The third kappa shape index (κ3) is 3.22. The fourth-order valence-electron chi connectivity index (χ4n) is 1.47. The summed E-state index contributed by atoms with van der Waals surface area (Å²) < 4.78 is 1.52. The van der Waals surface area contributed by atoms with E-state index in [1.54, 1.807) is 7.05 Å². The van der Waals surface area contributed by atoms with E-state index in [-0.39, 0.29) is 29.3 Å². The summed E-state index contributed by atoms with van der Waals surface area (Å²) in [5.74, 6) is 0.0249. The zero-order chi connectivity index (χ0) is 13.8. The van der Waals surface area contributed by atoms with Crippen LogP contribution in [0.25, 0.3) is 0 Å². The summed E-state index contributed by atoms with van der Waals surface area (Å²) >= 11 is 1.36. The van der Waals surface area contributed by atoms with Gasteiger partial charge in [-0.25, -0.2) is 4.68 Å². The number of nitrogens with zero attached hydrogens (tertiary/aromatic N) is 4. The number of benzene rings is 1. The fraction of sp³-hybridized carbons (Fsp3) is 0.273. The third-order valence-corrected chi connectivity index (χ3v) is 3.44. The van der Waals surface area contributed by atoms with E-state index >= 15 is 0 Å². The van der Waals surface area contributed by atoms with Gasteiger partial charge in [-0.1, -0.05) is 11.8 Å². The Bertz CT molecular complexity index is 599. The van der Waals surface area contributed by atoms with Gasteiger partial charge in [0.1, 0.15) is 11.5 Å². The highest BCUT2D eigenvalue weighted by Crippen LogP contribution is 2.24. The van der Waals surface area contributed by atoms with Gasteiger partial charge in [0.05, 0.1) is 5.56 Å². The molecule has 0 saturated heterocycles. The molecule has 1 heterocycles. The minimum atomic E-state index is -0.213. The first kappa shape index (κ1) is 13.3. The van der Waals surface area contributed by atoms with E-state index in [2.05, 4.69) is 15.5 Å². The number of thioether (sulfide) groups is 1. The van der Waals surface area contributed by atoms with E-state index < -0.39 is 0 Å². The second kappa shape index (κ2) is 5.70. The normalized spacial score (nSPS) is 10.6. The highest BCUT2D eigenvalue weighted by atomic mass is 32.2. The topological polar surface area (TPSA) is 101 Å². The molecule has 0 saturated carbocycles. The maximum Gasteiger partial charge on any atom is 0.209 e. The monoisotopic (exact) mass is 280 g/mol. The van der Waals surface area contributed by atoms with Gasteiger partial charge in [0.15, 0.2) is 5.78 Å². The summed E-state index contributed by atoms with van der Waals surface area (Å²) in [6, 6.07) is 3.92. The van der Waals surface area contributed by atoms with E-state index in [9.17, 15) is 9.90 Å². The molecular formula is C11H12N4O3S. The predicted molar refractivity (Wildman–Crippen MR) is 68.2 cm³/mol. The Balaban J connectivity index is 1.93. The number of phenolic OH excluding ortho intramolecular Hbond substituents is 2. The molecule has 0 aliphatic heterocycles. The maximum atomic E-state index is 11.9. The van der Waals surface area contributed by atoms with Gasteiger partial charge in [0.2, 0.25) is 5.16 Å². The molecule has 0 radical (unpaired) electrons. The Kier molecular flexibility index (Phi) is 4.00. The highest BCUT2D eigenvalue weighted by Gasteiger charge is 2.12. The van der Waals surface area contributed by atoms with Gasteiger partial charge in [-0.2, -0.15) is 0 Å². The maximum absolute atomic E-state index is 11.9. The molecule has 2 N–H and O–H groups in total. The SMILES string of the molecule is Cn1nnnc1SCCC(=O)c1ccc(O)cc1O. The Morgan fingerprint density at radius 2 is 2.21 bits per heavy atom. The smallest absolute Gasteiger partial charge is 0.209 e. The van der Waals surface area contributed by atoms with Crippen molar-refractivity contribution in [3.8, 4) is 11.5 Å². The van der Waals surface area contributed by atoms with Gasteiger partial charge < -0.3 is 10.2 Å². The quantitative estimate of drug-likeness (QED) is 0.622. The summed E-state index contributed by atoms with van der Waals surface area (Å²) in [7, 11) is 1.72. The summed E-state index contributed by atoms with van der Waals surface area (Å²) in [4.78, 5) is 11.9. The minimum absolute atomic E-state index is 0.0754. The number of hydrogen-bond acceptors (Lipinski definition) is 7. The Morgan fingerprint density at radius 3 is 2.84 bits per heavy atom. The molecule has 0 unspecified atom stereocenters. The van der Waals surface area contributed by atoms with Gasteiger partial charge in [0, 0.05) is 25.3 Å². The lowest BCUT2D eigenvalue weighted by atomic mass is 10.1. The molecular weight excluding hydrogens is 268 g/mol. The Morgan fingerprint density at radius 1 is 1.42 bits per heavy atom. The number of aromatic hydroxyl groups is 2. The van der Waals surface area contributed by atoms with Crippen molar-refractivity contribution in [2.75, 3.05) is 5.75 Å². The van der Waals surface area contributed by atoms with Gasteiger partial charge in [-0.15, -0.1) is 5.10 Å². The van der Waals surface area contributed by atoms with Crippen molar-refractivity contribution in [1.29, 1.82) is 0 Å². The number of ketones is 1. The van der Waals surface area contributed by atoms with Crippen molar-refractivity contribution in [2.24, 2.45) is 7.05 Å². The van der Waals surface area contributed by atoms with E-state index in [4.69, 9.17) is 5.11 Å². The molecule has 0 spiro atoms. The number of Topliss-reactive ketones (excluding diaryl/α,β-unsaturated/α-hetero) is 1. The fourth-order valence-corrected chi connectivity index (χ4v) is 2.26. The van der Waals surface area contributed by atoms with Crippen LogP contribution >= 0.6 is 11.8 Å². The average molecular weight is 280 g/mol. The molecule has 2 rings (SSSR count). The standard InChI is InChI=1S/C11H12N4O3S/c1-15-11(12-13-14-15)19-5-4-9(17)8-3-2-7(16)6-10(8)18/h2-3,6,16,18H,4-5H2,1H3. The molecule has 100 valence electrons. The van der Waals surface area contributed by atoms with Gasteiger partial charge >= 0.3 is 0 Å². The first-order valence-electron chi connectivity index (χ1n) is 5.48. The first-order chi connectivity index (χ1) is 9.08. The lowest BCUT2D eigenvalue weighted by Gasteiger charge is -2.04. The van der Waals surface area contributed by atoms with Crippen LogP contribution in [0.1, 0.15) is 16.8 Å². The number of phenols is 2. The Labute approximate surface area is 113 Å². The number of carbonyl (C=O) groups is 1. The van der Waals surface area contributed by atoms with Crippen molar-refractivity contribution in [2.45, 2.75) is 11.6 Å². The van der Waals surface area contributed by atoms with Crippen LogP contribution in [-0.2, 0) is 7.05 Å². The molecule has 2 aromatic rings. The van der Waals surface area contributed by atoms with Crippen LogP contribution in [0.2, 0.25) is 0 Å². The van der Waals surface area contributed by atoms with Gasteiger partial charge in [-0.05, 0) is 22.6 Å². The van der Waals surface area contributed by atoms with Crippen molar-refractivity contribution in [1.82, 2.24) is 20.2 Å². The highest BCUT2D eigenvalue weighted by molar-refractivity contribution is 7.99. The van der Waals surface area contributed by atoms with E-state index in [1.807, 2.05) is 0 Å². The molecule has 0 fully saturated rings. The van der Waals surface area contributed by atoms with E-state index in [0.717, 1.165) is 6.07 Å².